The second-order valence-electron chi connectivity index (χ2n) is 8.13. The highest BCUT2D eigenvalue weighted by Crippen LogP contribution is 2.44. The Morgan fingerprint density at radius 1 is 1.00 bits per heavy atom. The lowest BCUT2D eigenvalue weighted by atomic mass is 10.0. The molecule has 0 aromatic heterocycles. The summed E-state index contributed by atoms with van der Waals surface area (Å²) in [4.78, 5) is 29.4. The molecule has 164 valence electrons. The van der Waals surface area contributed by atoms with E-state index < -0.39 is 0 Å². The largest absolute Gasteiger partial charge is 0.484 e. The first-order valence-corrected chi connectivity index (χ1v) is 11.7. The van der Waals surface area contributed by atoms with E-state index in [1.165, 1.54) is 0 Å². The zero-order valence-corrected chi connectivity index (χ0v) is 18.9. The van der Waals surface area contributed by atoms with Crippen molar-refractivity contribution in [2.45, 2.75) is 31.6 Å². The molecule has 1 spiro atoms. The number of carbonyl (C=O) groups excluding carboxylic acids is 2. The predicted octanol–water partition coefficient (Wildman–Crippen LogP) is 4.28. The highest BCUT2D eigenvalue weighted by atomic mass is 32.2. The number of ether oxygens (including phenoxy) is 1. The van der Waals surface area contributed by atoms with Gasteiger partial charge in [0.2, 0.25) is 0 Å². The van der Waals surface area contributed by atoms with Crippen LogP contribution in [0.4, 0.5) is 10.5 Å². The van der Waals surface area contributed by atoms with E-state index in [9.17, 15) is 9.59 Å². The monoisotopic (exact) mass is 439 g/mol. The molecule has 2 saturated heterocycles. The Bertz CT molecular complexity index is 922. The number of aryl methyl sites for hydroxylation is 2. The molecule has 2 aromatic carbocycles. The van der Waals surface area contributed by atoms with Crippen LogP contribution >= 0.6 is 11.8 Å². The van der Waals surface area contributed by atoms with Crippen molar-refractivity contribution in [2.75, 3.05) is 37.3 Å². The SMILES string of the molecule is Cc1cccc(C)c1NC(=O)N1CCC2(CC1)SCCN2C(=O)COc1ccccc1. The summed E-state index contributed by atoms with van der Waals surface area (Å²) < 4.78 is 5.69. The second kappa shape index (κ2) is 9.22. The smallest absolute Gasteiger partial charge is 0.321 e. The van der Waals surface area contributed by atoms with Crippen molar-refractivity contribution in [3.8, 4) is 5.75 Å². The molecule has 3 amide bonds. The summed E-state index contributed by atoms with van der Waals surface area (Å²) in [6, 6.07) is 15.4. The van der Waals surface area contributed by atoms with Gasteiger partial charge in [-0.15, -0.1) is 11.8 Å². The van der Waals surface area contributed by atoms with Crippen LogP contribution in [0.25, 0.3) is 0 Å². The lowest BCUT2D eigenvalue weighted by Gasteiger charge is -2.44. The molecule has 1 N–H and O–H groups in total. The van der Waals surface area contributed by atoms with Gasteiger partial charge in [-0.3, -0.25) is 4.79 Å². The molecule has 2 fully saturated rings. The van der Waals surface area contributed by atoms with Crippen LogP contribution in [0.1, 0.15) is 24.0 Å². The summed E-state index contributed by atoms with van der Waals surface area (Å²) in [6.45, 7) is 6.05. The average Bonchev–Trinajstić information content (AvgIpc) is 3.19. The van der Waals surface area contributed by atoms with Gasteiger partial charge in [-0.2, -0.15) is 0 Å². The highest BCUT2D eigenvalue weighted by molar-refractivity contribution is 8.00. The van der Waals surface area contributed by atoms with E-state index in [1.807, 2.05) is 83.9 Å². The Balaban J connectivity index is 1.35. The normalized spacial score (nSPS) is 17.6. The molecular weight excluding hydrogens is 410 g/mol. The van der Waals surface area contributed by atoms with Gasteiger partial charge in [0.15, 0.2) is 6.61 Å². The first-order chi connectivity index (χ1) is 15.0. The quantitative estimate of drug-likeness (QED) is 0.772. The number of hydrogen-bond donors (Lipinski definition) is 1. The molecule has 2 aliphatic heterocycles. The van der Waals surface area contributed by atoms with Crippen molar-refractivity contribution in [3.05, 3.63) is 59.7 Å². The Kier molecular flexibility index (Phi) is 6.41. The molecule has 0 atom stereocenters. The number of benzene rings is 2. The number of carbonyl (C=O) groups is 2. The zero-order chi connectivity index (χ0) is 21.8. The van der Waals surface area contributed by atoms with E-state index in [4.69, 9.17) is 4.74 Å². The topological polar surface area (TPSA) is 61.9 Å². The second-order valence-corrected chi connectivity index (χ2v) is 9.58. The van der Waals surface area contributed by atoms with Gasteiger partial charge in [0.05, 0.1) is 4.87 Å². The van der Waals surface area contributed by atoms with E-state index in [1.54, 1.807) is 0 Å². The standard InChI is InChI=1S/C24H29N3O3S/c1-18-7-6-8-19(2)22(18)25-23(29)26-13-11-24(12-14-26)27(15-16-31-24)21(28)17-30-20-9-4-3-5-10-20/h3-10H,11-17H2,1-2H3,(H,25,29). The van der Waals surface area contributed by atoms with Crippen molar-refractivity contribution in [2.24, 2.45) is 0 Å². The van der Waals surface area contributed by atoms with Crippen LogP contribution in [0.15, 0.2) is 48.5 Å². The van der Waals surface area contributed by atoms with Gasteiger partial charge in [0.1, 0.15) is 5.75 Å². The molecule has 31 heavy (non-hydrogen) atoms. The third-order valence-corrected chi connectivity index (χ3v) is 7.68. The number of nitrogens with zero attached hydrogens (tertiary/aromatic N) is 2. The van der Waals surface area contributed by atoms with Gasteiger partial charge in [-0.25, -0.2) is 4.79 Å². The molecule has 2 aromatic rings. The van der Waals surface area contributed by atoms with Crippen molar-refractivity contribution in [1.29, 1.82) is 0 Å². The summed E-state index contributed by atoms with van der Waals surface area (Å²) in [5.41, 5.74) is 3.00. The van der Waals surface area contributed by atoms with Crippen molar-refractivity contribution >= 4 is 29.4 Å². The van der Waals surface area contributed by atoms with Crippen molar-refractivity contribution < 1.29 is 14.3 Å². The van der Waals surface area contributed by atoms with Crippen LogP contribution in [0.5, 0.6) is 5.75 Å². The number of likely N-dealkylation sites (tertiary alicyclic amines) is 1. The fraction of sp³-hybridized carbons (Fsp3) is 0.417. The minimum absolute atomic E-state index is 0.0160. The van der Waals surface area contributed by atoms with Gasteiger partial charge in [-0.1, -0.05) is 36.4 Å². The van der Waals surface area contributed by atoms with E-state index >= 15 is 0 Å². The van der Waals surface area contributed by atoms with Gasteiger partial charge in [0.25, 0.3) is 5.91 Å². The number of rotatable bonds is 4. The van der Waals surface area contributed by atoms with Crippen LogP contribution in [0.2, 0.25) is 0 Å². The molecule has 6 nitrogen and oxygen atoms in total. The molecule has 2 aliphatic rings. The maximum Gasteiger partial charge on any atom is 0.321 e. The van der Waals surface area contributed by atoms with Gasteiger partial charge >= 0.3 is 6.03 Å². The number of anilines is 1. The fourth-order valence-corrected chi connectivity index (χ4v) is 5.85. The number of hydrogen-bond acceptors (Lipinski definition) is 4. The van der Waals surface area contributed by atoms with E-state index in [2.05, 4.69) is 5.32 Å². The van der Waals surface area contributed by atoms with E-state index in [-0.39, 0.29) is 23.4 Å². The summed E-state index contributed by atoms with van der Waals surface area (Å²) in [6.07, 6.45) is 1.55. The molecular formula is C24H29N3O3S. The van der Waals surface area contributed by atoms with Crippen LogP contribution in [-0.2, 0) is 4.79 Å². The third kappa shape index (κ3) is 4.66. The predicted molar refractivity (Wildman–Crippen MR) is 125 cm³/mol. The van der Waals surface area contributed by atoms with Crippen LogP contribution in [0.3, 0.4) is 0 Å². The maximum absolute atomic E-state index is 12.9. The Hall–Kier alpha value is -2.67. The fourth-order valence-electron chi connectivity index (χ4n) is 4.37. The summed E-state index contributed by atoms with van der Waals surface area (Å²) >= 11 is 1.84. The zero-order valence-electron chi connectivity index (χ0n) is 18.1. The van der Waals surface area contributed by atoms with Gasteiger partial charge in [0, 0.05) is 31.1 Å². The van der Waals surface area contributed by atoms with Crippen LogP contribution < -0.4 is 10.1 Å². The Labute approximate surface area is 187 Å². The number of nitrogens with one attached hydrogen (secondary N) is 1. The average molecular weight is 440 g/mol. The number of para-hydroxylation sites is 2. The molecule has 4 rings (SSSR count). The van der Waals surface area contributed by atoms with Gasteiger partial charge in [-0.05, 0) is 49.9 Å². The van der Waals surface area contributed by atoms with Crippen molar-refractivity contribution in [1.82, 2.24) is 9.80 Å². The maximum atomic E-state index is 12.9. The Morgan fingerprint density at radius 2 is 1.68 bits per heavy atom. The molecule has 0 aliphatic carbocycles. The van der Waals surface area contributed by atoms with Crippen LogP contribution in [0, 0.1) is 13.8 Å². The first kappa shape index (κ1) is 21.6. The Morgan fingerprint density at radius 3 is 2.35 bits per heavy atom. The summed E-state index contributed by atoms with van der Waals surface area (Å²) in [5, 5.41) is 3.08. The summed E-state index contributed by atoms with van der Waals surface area (Å²) in [7, 11) is 0. The summed E-state index contributed by atoms with van der Waals surface area (Å²) in [5.74, 6) is 1.64. The van der Waals surface area contributed by atoms with E-state index in [0.29, 0.717) is 18.8 Å². The molecule has 7 heteroatoms. The minimum atomic E-state index is -0.230. The van der Waals surface area contributed by atoms with E-state index in [0.717, 1.165) is 42.0 Å². The molecule has 2 heterocycles. The van der Waals surface area contributed by atoms with Crippen molar-refractivity contribution in [3.63, 3.8) is 0 Å². The number of amides is 3. The molecule has 0 saturated carbocycles. The molecule has 0 unspecified atom stereocenters. The first-order valence-electron chi connectivity index (χ1n) is 10.7. The van der Waals surface area contributed by atoms with Crippen LogP contribution in [-0.4, -0.2) is 58.6 Å². The lowest BCUT2D eigenvalue weighted by Crippen LogP contribution is -2.55. The minimum Gasteiger partial charge on any atom is -0.484 e. The lowest BCUT2D eigenvalue weighted by molar-refractivity contribution is -0.136. The molecule has 0 bridgehead atoms. The molecule has 0 radical (unpaired) electrons. The highest BCUT2D eigenvalue weighted by Gasteiger charge is 2.46. The number of urea groups is 1. The third-order valence-electron chi connectivity index (χ3n) is 6.13. The number of piperidine rings is 1. The number of thioether (sulfide) groups is 1. The van der Waals surface area contributed by atoms with Gasteiger partial charge < -0.3 is 19.9 Å².